The second-order valence-electron chi connectivity index (χ2n) is 2.80. The van der Waals surface area contributed by atoms with E-state index in [1.54, 1.807) is 19.4 Å². The highest BCUT2D eigenvalue weighted by Gasteiger charge is 2.05. The van der Waals surface area contributed by atoms with Crippen molar-refractivity contribution in [3.05, 3.63) is 33.9 Å². The van der Waals surface area contributed by atoms with E-state index in [1.165, 1.54) is 0 Å². The molecule has 0 saturated heterocycles. The average Bonchev–Trinajstić information content (AvgIpc) is 2.19. The molecule has 2 aromatic rings. The van der Waals surface area contributed by atoms with E-state index in [2.05, 4.69) is 20.9 Å². The number of halogens is 3. The highest BCUT2D eigenvalue weighted by Crippen LogP contribution is 2.32. The highest BCUT2D eigenvalue weighted by atomic mass is 79.9. The molecule has 0 bridgehead atoms. The van der Waals surface area contributed by atoms with Crippen molar-refractivity contribution >= 4 is 50.8 Å². The molecule has 5 heteroatoms. The molecule has 0 aliphatic carbocycles. The van der Waals surface area contributed by atoms with Crippen LogP contribution in [-0.4, -0.2) is 12.1 Å². The van der Waals surface area contributed by atoms with Gasteiger partial charge in [-0.1, -0.05) is 11.6 Å². The normalized spacial score (nSPS) is 9.80. The third kappa shape index (κ3) is 2.36. The SMILES string of the molecule is COc1cc2nccc(Cl)c2cc1Br.Cl. The summed E-state index contributed by atoms with van der Waals surface area (Å²) in [6.45, 7) is 0. The molecule has 0 spiro atoms. The molecule has 15 heavy (non-hydrogen) atoms. The largest absolute Gasteiger partial charge is 0.495 e. The molecule has 1 heterocycles. The Morgan fingerprint density at radius 3 is 2.80 bits per heavy atom. The van der Waals surface area contributed by atoms with E-state index >= 15 is 0 Å². The van der Waals surface area contributed by atoms with Crippen molar-refractivity contribution in [3.63, 3.8) is 0 Å². The maximum Gasteiger partial charge on any atom is 0.135 e. The van der Waals surface area contributed by atoms with Gasteiger partial charge in [0.25, 0.3) is 0 Å². The van der Waals surface area contributed by atoms with Crippen LogP contribution in [0, 0.1) is 0 Å². The molecule has 1 aromatic heterocycles. The predicted molar refractivity (Wildman–Crippen MR) is 68.3 cm³/mol. The predicted octanol–water partition coefficient (Wildman–Crippen LogP) is 4.08. The van der Waals surface area contributed by atoms with Crippen LogP contribution in [0.4, 0.5) is 0 Å². The van der Waals surface area contributed by atoms with Crippen molar-refractivity contribution in [2.24, 2.45) is 0 Å². The molecule has 0 fully saturated rings. The van der Waals surface area contributed by atoms with Gasteiger partial charge in [0.2, 0.25) is 0 Å². The minimum absolute atomic E-state index is 0. The molecule has 2 nitrogen and oxygen atoms in total. The quantitative estimate of drug-likeness (QED) is 0.792. The summed E-state index contributed by atoms with van der Waals surface area (Å²) < 4.78 is 6.04. The Kier molecular flexibility index (Phi) is 4.20. The van der Waals surface area contributed by atoms with Crippen LogP contribution in [0.2, 0.25) is 5.02 Å². The number of hydrogen-bond acceptors (Lipinski definition) is 2. The molecule has 2 rings (SSSR count). The molecule has 80 valence electrons. The van der Waals surface area contributed by atoms with Gasteiger partial charge in [0.15, 0.2) is 0 Å². The van der Waals surface area contributed by atoms with Crippen LogP contribution >= 0.6 is 39.9 Å². The molecular formula is C10H8BrCl2NO. The summed E-state index contributed by atoms with van der Waals surface area (Å²) >= 11 is 9.42. The summed E-state index contributed by atoms with van der Waals surface area (Å²) in [5, 5.41) is 1.61. The van der Waals surface area contributed by atoms with Crippen molar-refractivity contribution in [1.29, 1.82) is 0 Å². The van der Waals surface area contributed by atoms with Gasteiger partial charge in [-0.25, -0.2) is 0 Å². The Bertz CT molecular complexity index is 490. The number of pyridine rings is 1. The number of methoxy groups -OCH3 is 1. The highest BCUT2D eigenvalue weighted by molar-refractivity contribution is 9.10. The summed E-state index contributed by atoms with van der Waals surface area (Å²) in [4.78, 5) is 4.21. The van der Waals surface area contributed by atoms with Gasteiger partial charge in [-0.2, -0.15) is 0 Å². The standard InChI is InChI=1S/C10H7BrClNO.ClH/c1-14-10-5-9-6(4-7(10)11)8(12)2-3-13-9;/h2-5H,1H3;1H. The van der Waals surface area contributed by atoms with Gasteiger partial charge in [-0.15, -0.1) is 12.4 Å². The third-order valence-electron chi connectivity index (χ3n) is 1.96. The first-order chi connectivity index (χ1) is 6.72. The fraction of sp³-hybridized carbons (Fsp3) is 0.100. The molecule has 0 N–H and O–H groups in total. The second-order valence-corrected chi connectivity index (χ2v) is 4.06. The van der Waals surface area contributed by atoms with E-state index in [-0.39, 0.29) is 12.4 Å². The van der Waals surface area contributed by atoms with E-state index in [0.29, 0.717) is 5.02 Å². The van der Waals surface area contributed by atoms with Gasteiger partial charge in [0, 0.05) is 17.6 Å². The Balaban J connectivity index is 0.00000112. The molecule has 0 saturated carbocycles. The molecule has 0 aliphatic heterocycles. The van der Waals surface area contributed by atoms with Gasteiger partial charge in [-0.05, 0) is 28.1 Å². The van der Waals surface area contributed by atoms with E-state index in [9.17, 15) is 0 Å². The van der Waals surface area contributed by atoms with Crippen molar-refractivity contribution < 1.29 is 4.74 Å². The summed E-state index contributed by atoms with van der Waals surface area (Å²) in [6, 6.07) is 5.53. The van der Waals surface area contributed by atoms with E-state index in [1.807, 2.05) is 12.1 Å². The fourth-order valence-corrected chi connectivity index (χ4v) is 1.98. The number of aromatic nitrogens is 1. The smallest absolute Gasteiger partial charge is 0.135 e. The summed E-state index contributed by atoms with van der Waals surface area (Å²) in [5.74, 6) is 0.757. The zero-order valence-electron chi connectivity index (χ0n) is 7.83. The van der Waals surface area contributed by atoms with Gasteiger partial charge in [0.1, 0.15) is 5.75 Å². The molecule has 0 unspecified atom stereocenters. The second kappa shape index (κ2) is 5.01. The first kappa shape index (κ1) is 12.6. The fourth-order valence-electron chi connectivity index (χ4n) is 1.27. The molecule has 0 atom stereocenters. The van der Waals surface area contributed by atoms with Gasteiger partial charge < -0.3 is 4.74 Å². The van der Waals surface area contributed by atoms with E-state index in [4.69, 9.17) is 16.3 Å². The maximum atomic E-state index is 6.02. The van der Waals surface area contributed by atoms with Crippen LogP contribution in [0.1, 0.15) is 0 Å². The molecular weight excluding hydrogens is 301 g/mol. The third-order valence-corrected chi connectivity index (χ3v) is 2.91. The number of hydrogen-bond donors (Lipinski definition) is 0. The van der Waals surface area contributed by atoms with Crippen LogP contribution in [0.15, 0.2) is 28.9 Å². The zero-order chi connectivity index (χ0) is 10.1. The topological polar surface area (TPSA) is 22.1 Å². The molecule has 0 radical (unpaired) electrons. The van der Waals surface area contributed by atoms with Crippen molar-refractivity contribution in [2.45, 2.75) is 0 Å². The van der Waals surface area contributed by atoms with E-state index in [0.717, 1.165) is 21.1 Å². The number of nitrogens with zero attached hydrogens (tertiary/aromatic N) is 1. The van der Waals surface area contributed by atoms with E-state index < -0.39 is 0 Å². The first-order valence-corrected chi connectivity index (χ1v) is 5.17. The van der Waals surface area contributed by atoms with Crippen LogP contribution in [0.5, 0.6) is 5.75 Å². The van der Waals surface area contributed by atoms with Gasteiger partial charge in [-0.3, -0.25) is 4.98 Å². The Hall–Kier alpha value is -0.510. The maximum absolute atomic E-state index is 6.02. The summed E-state index contributed by atoms with van der Waals surface area (Å²) in [6.07, 6.45) is 1.68. The lowest BCUT2D eigenvalue weighted by molar-refractivity contribution is 0.412. The number of ether oxygens (including phenoxy) is 1. The summed E-state index contributed by atoms with van der Waals surface area (Å²) in [7, 11) is 1.62. The number of benzene rings is 1. The van der Waals surface area contributed by atoms with Crippen molar-refractivity contribution in [2.75, 3.05) is 7.11 Å². The van der Waals surface area contributed by atoms with Crippen LogP contribution < -0.4 is 4.74 Å². The van der Waals surface area contributed by atoms with Crippen LogP contribution in [0.25, 0.3) is 10.9 Å². The summed E-state index contributed by atoms with van der Waals surface area (Å²) in [5.41, 5.74) is 0.831. The van der Waals surface area contributed by atoms with Gasteiger partial charge >= 0.3 is 0 Å². The average molecular weight is 309 g/mol. The van der Waals surface area contributed by atoms with Crippen molar-refractivity contribution in [1.82, 2.24) is 4.98 Å². The minimum Gasteiger partial charge on any atom is -0.495 e. The lowest BCUT2D eigenvalue weighted by Gasteiger charge is -2.05. The van der Waals surface area contributed by atoms with Crippen LogP contribution in [-0.2, 0) is 0 Å². The zero-order valence-corrected chi connectivity index (χ0v) is 11.0. The van der Waals surface area contributed by atoms with Crippen molar-refractivity contribution in [3.8, 4) is 5.75 Å². The van der Waals surface area contributed by atoms with Crippen LogP contribution in [0.3, 0.4) is 0 Å². The monoisotopic (exact) mass is 307 g/mol. The lowest BCUT2D eigenvalue weighted by atomic mass is 10.2. The Morgan fingerprint density at radius 2 is 2.13 bits per heavy atom. The molecule has 1 aromatic carbocycles. The lowest BCUT2D eigenvalue weighted by Crippen LogP contribution is -1.86. The Labute approximate surface area is 107 Å². The number of fused-ring (bicyclic) bond motifs is 1. The first-order valence-electron chi connectivity index (χ1n) is 4.00. The molecule has 0 amide bonds. The Morgan fingerprint density at radius 1 is 1.40 bits per heavy atom. The minimum atomic E-state index is 0. The molecule has 0 aliphatic rings. The van der Waals surface area contributed by atoms with Gasteiger partial charge in [0.05, 0.1) is 22.1 Å². The number of rotatable bonds is 1.